The molecule has 0 aliphatic carbocycles. The molecule has 0 saturated carbocycles. The van der Waals surface area contributed by atoms with E-state index in [0.29, 0.717) is 16.9 Å². The maximum Gasteiger partial charge on any atom is 0.255 e. The Balaban J connectivity index is 2.13. The molecule has 0 heterocycles. The number of hydrogen-bond donors (Lipinski definition) is 3. The van der Waals surface area contributed by atoms with E-state index in [1.807, 2.05) is 32.0 Å². The van der Waals surface area contributed by atoms with Crippen molar-refractivity contribution in [2.24, 2.45) is 5.73 Å². The van der Waals surface area contributed by atoms with Crippen molar-refractivity contribution in [2.45, 2.75) is 13.8 Å². The van der Waals surface area contributed by atoms with E-state index in [-0.39, 0.29) is 18.4 Å². The van der Waals surface area contributed by atoms with Gasteiger partial charge in [-0.3, -0.25) is 9.59 Å². The first kappa shape index (κ1) is 15.7. The van der Waals surface area contributed by atoms with Crippen molar-refractivity contribution >= 4 is 23.2 Å². The van der Waals surface area contributed by atoms with Crippen LogP contribution >= 0.6 is 0 Å². The third kappa shape index (κ3) is 3.93. The fraction of sp³-hybridized carbons (Fsp3) is 0.176. The minimum absolute atomic E-state index is 0.0646. The number of anilines is 2. The molecule has 5 heteroatoms. The zero-order valence-corrected chi connectivity index (χ0v) is 12.6. The van der Waals surface area contributed by atoms with E-state index in [0.717, 1.165) is 11.1 Å². The van der Waals surface area contributed by atoms with Gasteiger partial charge in [0, 0.05) is 16.9 Å². The zero-order chi connectivity index (χ0) is 16.1. The van der Waals surface area contributed by atoms with Gasteiger partial charge in [-0.25, -0.2) is 0 Å². The maximum absolute atomic E-state index is 12.2. The Morgan fingerprint density at radius 3 is 2.45 bits per heavy atom. The molecule has 114 valence electrons. The molecule has 22 heavy (non-hydrogen) atoms. The average molecular weight is 297 g/mol. The molecular weight excluding hydrogens is 278 g/mol. The van der Waals surface area contributed by atoms with E-state index in [1.54, 1.807) is 24.3 Å². The van der Waals surface area contributed by atoms with Crippen LogP contribution in [0, 0.1) is 13.8 Å². The number of aryl methyl sites for hydroxylation is 2. The Bertz CT molecular complexity index is 711. The number of amides is 2. The first-order chi connectivity index (χ1) is 10.5. The molecule has 0 aliphatic heterocycles. The van der Waals surface area contributed by atoms with Gasteiger partial charge in [-0.1, -0.05) is 17.7 Å². The molecule has 2 aromatic rings. The van der Waals surface area contributed by atoms with Crippen LogP contribution in [0.15, 0.2) is 42.5 Å². The van der Waals surface area contributed by atoms with Crippen LogP contribution in [0.1, 0.15) is 21.5 Å². The van der Waals surface area contributed by atoms with Crippen molar-refractivity contribution in [3.05, 3.63) is 59.2 Å². The molecular formula is C17H19N3O2. The zero-order valence-electron chi connectivity index (χ0n) is 12.6. The number of rotatable bonds is 4. The highest BCUT2D eigenvalue weighted by Gasteiger charge is 2.09. The number of hydrogen-bond acceptors (Lipinski definition) is 3. The van der Waals surface area contributed by atoms with Crippen molar-refractivity contribution < 1.29 is 9.59 Å². The third-order valence-electron chi connectivity index (χ3n) is 3.22. The summed E-state index contributed by atoms with van der Waals surface area (Å²) in [5.41, 5.74) is 9.12. The number of carbonyl (C=O) groups excluding carboxylic acids is 2. The molecule has 0 unspecified atom stereocenters. The van der Waals surface area contributed by atoms with Gasteiger partial charge in [0.25, 0.3) is 5.91 Å². The predicted octanol–water partition coefficient (Wildman–Crippen LogP) is 2.45. The lowest BCUT2D eigenvalue weighted by Gasteiger charge is -2.11. The van der Waals surface area contributed by atoms with Crippen molar-refractivity contribution in [1.82, 2.24) is 0 Å². The summed E-state index contributed by atoms with van der Waals surface area (Å²) in [6.07, 6.45) is 0. The Kier molecular flexibility index (Phi) is 4.91. The normalized spacial score (nSPS) is 10.1. The summed E-state index contributed by atoms with van der Waals surface area (Å²) < 4.78 is 0. The van der Waals surface area contributed by atoms with Crippen LogP contribution in [0.4, 0.5) is 11.4 Å². The predicted molar refractivity (Wildman–Crippen MR) is 88.0 cm³/mol. The molecule has 0 bridgehead atoms. The lowest BCUT2D eigenvalue weighted by Crippen LogP contribution is -2.21. The highest BCUT2D eigenvalue weighted by Crippen LogP contribution is 2.20. The van der Waals surface area contributed by atoms with E-state index in [1.165, 1.54) is 0 Å². The second-order valence-corrected chi connectivity index (χ2v) is 5.11. The summed E-state index contributed by atoms with van der Waals surface area (Å²) >= 11 is 0. The summed E-state index contributed by atoms with van der Waals surface area (Å²) in [6.45, 7) is 3.74. The Labute approximate surface area is 129 Å². The van der Waals surface area contributed by atoms with Gasteiger partial charge in [0.05, 0.1) is 6.54 Å². The van der Waals surface area contributed by atoms with Crippen LogP contribution in [-0.2, 0) is 4.79 Å². The van der Waals surface area contributed by atoms with Gasteiger partial charge in [-0.2, -0.15) is 0 Å². The van der Waals surface area contributed by atoms with Crippen LogP contribution in [0.25, 0.3) is 0 Å². The van der Waals surface area contributed by atoms with Gasteiger partial charge < -0.3 is 16.4 Å². The van der Waals surface area contributed by atoms with E-state index in [4.69, 9.17) is 5.73 Å². The van der Waals surface area contributed by atoms with E-state index < -0.39 is 0 Å². The molecule has 0 fully saturated rings. The van der Waals surface area contributed by atoms with Gasteiger partial charge in [-0.15, -0.1) is 0 Å². The molecule has 2 aromatic carbocycles. The second kappa shape index (κ2) is 6.87. The van der Waals surface area contributed by atoms with E-state index in [2.05, 4.69) is 10.6 Å². The Hall–Kier alpha value is -2.66. The lowest BCUT2D eigenvalue weighted by atomic mass is 10.1. The SMILES string of the molecule is Cc1cccc(C(=O)Nc2ccc(NC(=O)CN)cc2C)c1. The molecule has 0 spiro atoms. The van der Waals surface area contributed by atoms with Crippen LogP contribution in [-0.4, -0.2) is 18.4 Å². The molecule has 0 saturated heterocycles. The van der Waals surface area contributed by atoms with Crippen molar-refractivity contribution in [3.8, 4) is 0 Å². The molecule has 0 radical (unpaired) electrons. The van der Waals surface area contributed by atoms with E-state index in [9.17, 15) is 9.59 Å². The monoisotopic (exact) mass is 297 g/mol. The Morgan fingerprint density at radius 2 is 1.82 bits per heavy atom. The highest BCUT2D eigenvalue weighted by atomic mass is 16.2. The smallest absolute Gasteiger partial charge is 0.255 e. The van der Waals surface area contributed by atoms with Gasteiger partial charge >= 0.3 is 0 Å². The second-order valence-electron chi connectivity index (χ2n) is 5.11. The fourth-order valence-corrected chi connectivity index (χ4v) is 2.07. The Morgan fingerprint density at radius 1 is 1.05 bits per heavy atom. The minimum atomic E-state index is -0.254. The largest absolute Gasteiger partial charge is 0.325 e. The highest BCUT2D eigenvalue weighted by molar-refractivity contribution is 6.05. The first-order valence-electron chi connectivity index (χ1n) is 6.98. The summed E-state index contributed by atoms with van der Waals surface area (Å²) in [6, 6.07) is 12.7. The summed E-state index contributed by atoms with van der Waals surface area (Å²) in [7, 11) is 0. The molecule has 0 aromatic heterocycles. The van der Waals surface area contributed by atoms with Crippen molar-refractivity contribution in [2.75, 3.05) is 17.2 Å². The summed E-state index contributed by atoms with van der Waals surface area (Å²) in [5.74, 6) is -0.415. The molecule has 2 amide bonds. The van der Waals surface area contributed by atoms with Gasteiger partial charge in [0.1, 0.15) is 0 Å². The fourth-order valence-electron chi connectivity index (χ4n) is 2.07. The van der Waals surface area contributed by atoms with Crippen molar-refractivity contribution in [1.29, 1.82) is 0 Å². The van der Waals surface area contributed by atoms with Gasteiger partial charge in [-0.05, 0) is 49.7 Å². The third-order valence-corrected chi connectivity index (χ3v) is 3.22. The van der Waals surface area contributed by atoms with Crippen LogP contribution in [0.5, 0.6) is 0 Å². The number of carbonyl (C=O) groups is 2. The maximum atomic E-state index is 12.2. The molecule has 0 atom stereocenters. The van der Waals surface area contributed by atoms with Crippen LogP contribution < -0.4 is 16.4 Å². The lowest BCUT2D eigenvalue weighted by molar-refractivity contribution is -0.114. The van der Waals surface area contributed by atoms with Crippen LogP contribution in [0.2, 0.25) is 0 Å². The molecule has 5 nitrogen and oxygen atoms in total. The van der Waals surface area contributed by atoms with Crippen molar-refractivity contribution in [3.63, 3.8) is 0 Å². The minimum Gasteiger partial charge on any atom is -0.325 e. The number of nitrogens with two attached hydrogens (primary N) is 1. The summed E-state index contributed by atoms with van der Waals surface area (Å²) in [4.78, 5) is 23.5. The quantitative estimate of drug-likeness (QED) is 0.810. The molecule has 4 N–H and O–H groups in total. The van der Waals surface area contributed by atoms with Gasteiger partial charge in [0.2, 0.25) is 5.91 Å². The molecule has 2 rings (SSSR count). The number of benzene rings is 2. The first-order valence-corrected chi connectivity index (χ1v) is 6.98. The van der Waals surface area contributed by atoms with Gasteiger partial charge in [0.15, 0.2) is 0 Å². The number of nitrogens with one attached hydrogen (secondary N) is 2. The topological polar surface area (TPSA) is 84.2 Å². The molecule has 0 aliphatic rings. The summed E-state index contributed by atoms with van der Waals surface area (Å²) in [5, 5.41) is 5.55. The van der Waals surface area contributed by atoms with E-state index >= 15 is 0 Å². The average Bonchev–Trinajstić information content (AvgIpc) is 2.49. The standard InChI is InChI=1S/C17H19N3O2/c1-11-4-3-5-13(8-11)17(22)20-15-7-6-14(9-12(15)2)19-16(21)10-18/h3-9H,10,18H2,1-2H3,(H,19,21)(H,20,22). The van der Waals surface area contributed by atoms with Crippen LogP contribution in [0.3, 0.4) is 0 Å².